The van der Waals surface area contributed by atoms with E-state index in [1.165, 1.54) is 0 Å². The van der Waals surface area contributed by atoms with Crippen molar-refractivity contribution in [3.8, 4) is 0 Å². The molecule has 178 valence electrons. The third-order valence-corrected chi connectivity index (χ3v) is 8.31. The number of nitrogens with two attached hydrogens (primary N) is 1. The molecule has 3 fully saturated rings. The van der Waals surface area contributed by atoms with Crippen LogP contribution in [0.5, 0.6) is 0 Å². The molecule has 0 spiro atoms. The van der Waals surface area contributed by atoms with Gasteiger partial charge in [-0.25, -0.2) is 0 Å². The number of carbonyl (C=O) groups excluding carboxylic acids is 2. The lowest BCUT2D eigenvalue weighted by atomic mass is 9.67. The predicted molar refractivity (Wildman–Crippen MR) is 121 cm³/mol. The zero-order chi connectivity index (χ0) is 23.0. The van der Waals surface area contributed by atoms with Crippen molar-refractivity contribution in [2.75, 3.05) is 0 Å². The quantitative estimate of drug-likeness (QED) is 0.456. The first-order valence-electron chi connectivity index (χ1n) is 12.5. The largest absolute Gasteiger partial charge is 0.388 e. The van der Waals surface area contributed by atoms with Gasteiger partial charge >= 0.3 is 0 Å². The lowest BCUT2D eigenvalue weighted by Gasteiger charge is -2.57. The Morgan fingerprint density at radius 2 is 1.16 bits per heavy atom. The second kappa shape index (κ2) is 9.01. The Labute approximate surface area is 187 Å². The van der Waals surface area contributed by atoms with Crippen LogP contribution in [0.2, 0.25) is 0 Å². The second-order valence-corrected chi connectivity index (χ2v) is 11.6. The highest BCUT2D eigenvalue weighted by Crippen LogP contribution is 2.49. The van der Waals surface area contributed by atoms with Crippen LogP contribution in [0, 0.1) is 17.3 Å². The zero-order valence-electron chi connectivity index (χ0n) is 20.0. The molecule has 3 rings (SSSR count). The Kier molecular flexibility index (Phi) is 7.12. The van der Waals surface area contributed by atoms with Gasteiger partial charge in [0.05, 0.1) is 23.3 Å². The number of nitrogens with zero attached hydrogens (tertiary/aromatic N) is 1. The molecule has 0 aliphatic heterocycles. The minimum absolute atomic E-state index is 0.241. The monoisotopic (exact) mass is 436 g/mol. The molecule has 2 amide bonds. The summed E-state index contributed by atoms with van der Waals surface area (Å²) in [5.41, 5.74) is 2.77. The summed E-state index contributed by atoms with van der Waals surface area (Å²) in [6, 6.07) is -0.808. The molecule has 0 radical (unpaired) electrons. The molecule has 6 heteroatoms. The van der Waals surface area contributed by atoms with Gasteiger partial charge in [0.25, 0.3) is 0 Å². The molecule has 3 aliphatic rings. The van der Waals surface area contributed by atoms with Crippen LogP contribution in [0.4, 0.5) is 0 Å². The van der Waals surface area contributed by atoms with Crippen molar-refractivity contribution in [2.45, 2.75) is 128 Å². The molecule has 0 heterocycles. The summed E-state index contributed by atoms with van der Waals surface area (Å²) >= 11 is 0. The Morgan fingerprint density at radius 3 is 1.42 bits per heavy atom. The van der Waals surface area contributed by atoms with E-state index in [2.05, 4.69) is 27.7 Å². The van der Waals surface area contributed by atoms with Gasteiger partial charge < -0.3 is 20.8 Å². The Hall–Kier alpha value is -1.14. The Balaban J connectivity index is 2.11. The lowest BCUT2D eigenvalue weighted by molar-refractivity contribution is -0.189. The average molecular weight is 437 g/mol. The van der Waals surface area contributed by atoms with Gasteiger partial charge in [-0.15, -0.1) is 0 Å². The molecule has 0 aromatic carbocycles. The molecule has 0 unspecified atom stereocenters. The van der Waals surface area contributed by atoms with Gasteiger partial charge in [-0.3, -0.25) is 9.59 Å². The number of primary amides is 1. The van der Waals surface area contributed by atoms with E-state index in [-0.39, 0.29) is 17.7 Å². The van der Waals surface area contributed by atoms with Crippen LogP contribution in [0.3, 0.4) is 0 Å². The maximum Gasteiger partial charge on any atom is 0.238 e. The van der Waals surface area contributed by atoms with Crippen molar-refractivity contribution in [3.63, 3.8) is 0 Å². The van der Waals surface area contributed by atoms with Gasteiger partial charge in [0.15, 0.2) is 0 Å². The van der Waals surface area contributed by atoms with Crippen LogP contribution in [0.1, 0.15) is 105 Å². The number of carbonyl (C=O) groups is 2. The first kappa shape index (κ1) is 24.5. The molecule has 6 nitrogen and oxygen atoms in total. The smallest absolute Gasteiger partial charge is 0.238 e. The zero-order valence-corrected chi connectivity index (χ0v) is 20.0. The molecule has 0 bridgehead atoms. The minimum atomic E-state index is -1.20. The Morgan fingerprint density at radius 1 is 0.774 bits per heavy atom. The fourth-order valence-electron chi connectivity index (χ4n) is 6.11. The number of hydrogen-bond donors (Lipinski definition) is 3. The number of aliphatic hydroxyl groups is 2. The summed E-state index contributed by atoms with van der Waals surface area (Å²) < 4.78 is 0. The van der Waals surface area contributed by atoms with E-state index < -0.39 is 34.6 Å². The fourth-order valence-corrected chi connectivity index (χ4v) is 6.11. The van der Waals surface area contributed by atoms with Crippen molar-refractivity contribution in [3.05, 3.63) is 0 Å². The van der Waals surface area contributed by atoms with Gasteiger partial charge in [-0.1, -0.05) is 40.5 Å². The van der Waals surface area contributed by atoms with Gasteiger partial charge in [-0.2, -0.15) is 0 Å². The van der Waals surface area contributed by atoms with Crippen LogP contribution in [0.25, 0.3) is 0 Å². The highest BCUT2D eigenvalue weighted by molar-refractivity contribution is 6.05. The standard InChI is InChI=1S/C25H44N2O4/c1-17(2)15-19(24(30)11-7-12-24)27(20(16-18(3)4)25(31)13-8-14-25)22(29)23(21(26)28)9-5-6-10-23/h17-20,30-31H,5-16H2,1-4H3,(H2,26,28)/t19-,20-/m1/s1. The van der Waals surface area contributed by atoms with Crippen LogP contribution in [-0.4, -0.2) is 50.2 Å². The normalized spacial score (nSPS) is 25.5. The number of hydrogen-bond acceptors (Lipinski definition) is 4. The van der Waals surface area contributed by atoms with Crippen molar-refractivity contribution in [1.82, 2.24) is 4.90 Å². The Bertz CT molecular complexity index is 626. The summed E-state index contributed by atoms with van der Waals surface area (Å²) in [4.78, 5) is 28.8. The van der Waals surface area contributed by atoms with E-state index in [0.29, 0.717) is 51.4 Å². The first-order chi connectivity index (χ1) is 14.5. The SMILES string of the molecule is CC(C)C[C@@H](N(C(=O)C1(C(N)=O)CCCC1)[C@H](CC(C)C)C1(O)CCC1)C1(O)CCC1. The average Bonchev–Trinajstić information content (AvgIpc) is 3.13. The van der Waals surface area contributed by atoms with Gasteiger partial charge in [0.1, 0.15) is 5.41 Å². The van der Waals surface area contributed by atoms with E-state index in [1.54, 1.807) is 0 Å². The second-order valence-electron chi connectivity index (χ2n) is 11.6. The van der Waals surface area contributed by atoms with Crippen LogP contribution >= 0.6 is 0 Å². The maximum atomic E-state index is 14.3. The van der Waals surface area contributed by atoms with Crippen LogP contribution in [0.15, 0.2) is 0 Å². The molecule has 0 saturated heterocycles. The molecular formula is C25H44N2O4. The third-order valence-electron chi connectivity index (χ3n) is 8.31. The summed E-state index contributed by atoms with van der Waals surface area (Å²) in [6.07, 6.45) is 8.37. The van der Waals surface area contributed by atoms with Gasteiger partial charge in [-0.05, 0) is 76.0 Å². The van der Waals surface area contributed by atoms with E-state index >= 15 is 0 Å². The van der Waals surface area contributed by atoms with Gasteiger partial charge in [0.2, 0.25) is 11.8 Å². The maximum absolute atomic E-state index is 14.3. The van der Waals surface area contributed by atoms with E-state index in [9.17, 15) is 19.8 Å². The summed E-state index contributed by atoms with van der Waals surface area (Å²) in [6.45, 7) is 8.42. The minimum Gasteiger partial charge on any atom is -0.388 e. The van der Waals surface area contributed by atoms with Crippen LogP contribution in [-0.2, 0) is 9.59 Å². The third kappa shape index (κ3) is 4.52. The van der Waals surface area contributed by atoms with E-state index in [1.807, 2.05) is 4.90 Å². The highest BCUT2D eigenvalue weighted by Gasteiger charge is 2.58. The molecular weight excluding hydrogens is 392 g/mol. The summed E-state index contributed by atoms with van der Waals surface area (Å²) in [5, 5.41) is 23.1. The van der Waals surface area contributed by atoms with Crippen molar-refractivity contribution in [1.29, 1.82) is 0 Å². The van der Waals surface area contributed by atoms with Gasteiger partial charge in [0, 0.05) is 0 Å². The number of rotatable bonds is 10. The summed E-state index contributed by atoms with van der Waals surface area (Å²) in [7, 11) is 0. The summed E-state index contributed by atoms with van der Waals surface area (Å²) in [5.74, 6) is -0.246. The molecule has 31 heavy (non-hydrogen) atoms. The first-order valence-corrected chi connectivity index (χ1v) is 12.5. The fraction of sp³-hybridized carbons (Fsp3) is 0.920. The van der Waals surface area contributed by atoms with E-state index in [4.69, 9.17) is 5.73 Å². The highest BCUT2D eigenvalue weighted by atomic mass is 16.3. The number of amides is 2. The van der Waals surface area contributed by atoms with Crippen molar-refractivity contribution < 1.29 is 19.8 Å². The molecule has 0 aromatic heterocycles. The molecule has 3 saturated carbocycles. The molecule has 2 atom stereocenters. The predicted octanol–water partition coefficient (Wildman–Crippen LogP) is 3.52. The lowest BCUT2D eigenvalue weighted by Crippen LogP contribution is -2.69. The van der Waals surface area contributed by atoms with Crippen molar-refractivity contribution in [2.24, 2.45) is 23.0 Å². The van der Waals surface area contributed by atoms with E-state index in [0.717, 1.165) is 25.7 Å². The van der Waals surface area contributed by atoms with Crippen LogP contribution < -0.4 is 5.73 Å². The molecule has 3 aliphatic carbocycles. The molecule has 0 aromatic rings. The van der Waals surface area contributed by atoms with Crippen molar-refractivity contribution >= 4 is 11.8 Å². The topological polar surface area (TPSA) is 104 Å². The molecule has 4 N–H and O–H groups in total.